The highest BCUT2D eigenvalue weighted by Crippen LogP contribution is 2.29. The van der Waals surface area contributed by atoms with Gasteiger partial charge >= 0.3 is 11.6 Å². The Bertz CT molecular complexity index is 1550. The van der Waals surface area contributed by atoms with Crippen LogP contribution in [0.25, 0.3) is 11.0 Å². The molecule has 34 heavy (non-hydrogen) atoms. The lowest BCUT2D eigenvalue weighted by Gasteiger charge is -2.13. The number of anilines is 1. The fraction of sp³-hybridized carbons (Fsp3) is 0.0769. The van der Waals surface area contributed by atoms with Gasteiger partial charge in [-0.15, -0.1) is 0 Å². The van der Waals surface area contributed by atoms with Crippen LogP contribution < -0.4 is 10.5 Å². The number of esters is 1. The van der Waals surface area contributed by atoms with Crippen molar-refractivity contribution in [2.45, 2.75) is 13.5 Å². The van der Waals surface area contributed by atoms with Gasteiger partial charge in [-0.05, 0) is 61.0 Å². The summed E-state index contributed by atoms with van der Waals surface area (Å²) in [6.45, 7) is 1.68. The van der Waals surface area contributed by atoms with E-state index in [0.29, 0.717) is 16.5 Å². The third-order valence-electron chi connectivity index (χ3n) is 5.55. The lowest BCUT2D eigenvalue weighted by atomic mass is 10.1. The largest absolute Gasteiger partial charge is 0.457 e. The highest BCUT2D eigenvalue weighted by atomic mass is 19.1. The molecular weight excluding hydrogens is 441 g/mol. The van der Waals surface area contributed by atoms with Gasteiger partial charge in [0.1, 0.15) is 18.0 Å². The number of nitrogens with zero attached hydrogens (tertiary/aromatic N) is 1. The molecule has 0 spiro atoms. The van der Waals surface area contributed by atoms with E-state index in [1.807, 2.05) is 13.0 Å². The summed E-state index contributed by atoms with van der Waals surface area (Å²) in [5, 5.41) is 0.641. The quantitative estimate of drug-likeness (QED) is 0.256. The topological polar surface area (TPSA) is 93.9 Å². The maximum Gasteiger partial charge on any atom is 0.338 e. The number of aryl methyl sites for hydroxylation is 1. The first kappa shape index (κ1) is 21.3. The van der Waals surface area contributed by atoms with Gasteiger partial charge in [-0.3, -0.25) is 9.59 Å². The molecule has 8 heteroatoms. The molecular formula is C26H16FNO6. The van der Waals surface area contributed by atoms with Crippen LogP contribution in [0.2, 0.25) is 0 Å². The number of benzene rings is 3. The number of halogens is 1. The first-order chi connectivity index (χ1) is 16.3. The van der Waals surface area contributed by atoms with Crippen LogP contribution in [-0.2, 0) is 11.3 Å². The molecule has 1 aliphatic rings. The van der Waals surface area contributed by atoms with E-state index < -0.39 is 29.2 Å². The van der Waals surface area contributed by atoms with Crippen LogP contribution >= 0.6 is 0 Å². The number of rotatable bonds is 4. The standard InChI is InChI=1S/C26H16FNO6/c1-14-2-8-19-16(12-23(29)34-22(19)10-14)13-33-26(32)15-3-9-20-21(11-15)25(31)28(24(20)30)18-6-4-17(27)5-7-18/h2-12H,13H2,1H3. The predicted molar refractivity (Wildman–Crippen MR) is 120 cm³/mol. The van der Waals surface area contributed by atoms with Gasteiger partial charge in [0.2, 0.25) is 0 Å². The van der Waals surface area contributed by atoms with Gasteiger partial charge in [0, 0.05) is 17.0 Å². The smallest absolute Gasteiger partial charge is 0.338 e. The second kappa shape index (κ2) is 8.08. The molecule has 0 saturated heterocycles. The summed E-state index contributed by atoms with van der Waals surface area (Å²) in [5.74, 6) is -2.41. The molecule has 0 saturated carbocycles. The Morgan fingerprint density at radius 3 is 2.41 bits per heavy atom. The summed E-state index contributed by atoms with van der Waals surface area (Å²) < 4.78 is 23.8. The van der Waals surface area contributed by atoms with Crippen molar-refractivity contribution < 1.29 is 27.9 Å². The zero-order chi connectivity index (χ0) is 24.0. The third-order valence-corrected chi connectivity index (χ3v) is 5.55. The molecule has 0 aliphatic carbocycles. The third kappa shape index (κ3) is 3.65. The van der Waals surface area contributed by atoms with Crippen molar-refractivity contribution in [3.63, 3.8) is 0 Å². The summed E-state index contributed by atoms with van der Waals surface area (Å²) in [4.78, 5) is 51.1. The number of ether oxygens (including phenoxy) is 1. The molecule has 0 radical (unpaired) electrons. The number of hydrogen-bond donors (Lipinski definition) is 0. The van der Waals surface area contributed by atoms with Gasteiger partial charge in [0.05, 0.1) is 22.4 Å². The monoisotopic (exact) mass is 457 g/mol. The molecule has 3 aromatic carbocycles. The minimum Gasteiger partial charge on any atom is -0.457 e. The van der Waals surface area contributed by atoms with Crippen molar-refractivity contribution >= 4 is 34.4 Å². The van der Waals surface area contributed by atoms with Gasteiger partial charge in [-0.1, -0.05) is 12.1 Å². The van der Waals surface area contributed by atoms with E-state index in [-0.39, 0.29) is 29.0 Å². The maximum absolute atomic E-state index is 13.2. The highest BCUT2D eigenvalue weighted by Gasteiger charge is 2.37. The fourth-order valence-electron chi connectivity index (χ4n) is 3.88. The molecule has 7 nitrogen and oxygen atoms in total. The lowest BCUT2D eigenvalue weighted by molar-refractivity contribution is 0.0473. The van der Waals surface area contributed by atoms with Gasteiger partial charge in [-0.2, -0.15) is 0 Å². The van der Waals surface area contributed by atoms with Crippen LogP contribution in [0.1, 0.15) is 42.2 Å². The van der Waals surface area contributed by atoms with Crippen LogP contribution in [0.4, 0.5) is 10.1 Å². The zero-order valence-corrected chi connectivity index (χ0v) is 17.8. The Labute approximate surface area is 192 Å². The molecule has 5 rings (SSSR count). The summed E-state index contributed by atoms with van der Waals surface area (Å²) in [6, 6.07) is 15.6. The van der Waals surface area contributed by atoms with Crippen molar-refractivity contribution in [3.05, 3.63) is 111 Å². The Morgan fingerprint density at radius 1 is 0.912 bits per heavy atom. The fourth-order valence-corrected chi connectivity index (χ4v) is 3.88. The number of carbonyl (C=O) groups is 3. The average molecular weight is 457 g/mol. The summed E-state index contributed by atoms with van der Waals surface area (Å²) >= 11 is 0. The molecule has 0 N–H and O–H groups in total. The summed E-state index contributed by atoms with van der Waals surface area (Å²) in [7, 11) is 0. The van der Waals surface area contributed by atoms with Gasteiger partial charge in [0.25, 0.3) is 11.8 Å². The minimum absolute atomic E-state index is 0.0463. The van der Waals surface area contributed by atoms with Crippen LogP contribution in [0, 0.1) is 12.7 Å². The van der Waals surface area contributed by atoms with Gasteiger partial charge in [-0.25, -0.2) is 18.9 Å². The Kier molecular flexibility index (Phi) is 5.05. The van der Waals surface area contributed by atoms with E-state index in [1.165, 1.54) is 36.4 Å². The van der Waals surface area contributed by atoms with Crippen LogP contribution in [0.15, 0.2) is 75.9 Å². The van der Waals surface area contributed by atoms with E-state index in [9.17, 15) is 23.6 Å². The molecule has 0 fully saturated rings. The van der Waals surface area contributed by atoms with E-state index >= 15 is 0 Å². The summed E-state index contributed by atoms with van der Waals surface area (Å²) in [5.41, 5.74) is 1.70. The zero-order valence-electron chi connectivity index (χ0n) is 17.8. The number of fused-ring (bicyclic) bond motifs is 2. The Hall–Kier alpha value is -4.59. The van der Waals surface area contributed by atoms with E-state index in [0.717, 1.165) is 22.6 Å². The first-order valence-corrected chi connectivity index (χ1v) is 10.3. The van der Waals surface area contributed by atoms with Crippen molar-refractivity contribution in [2.75, 3.05) is 4.90 Å². The minimum atomic E-state index is -0.725. The molecule has 0 bridgehead atoms. The second-order valence-corrected chi connectivity index (χ2v) is 7.85. The summed E-state index contributed by atoms with van der Waals surface area (Å²) in [6.07, 6.45) is 0. The molecule has 168 valence electrons. The van der Waals surface area contributed by atoms with Crippen molar-refractivity contribution in [2.24, 2.45) is 0 Å². The lowest BCUT2D eigenvalue weighted by Crippen LogP contribution is -2.29. The second-order valence-electron chi connectivity index (χ2n) is 7.85. The number of amides is 2. The van der Waals surface area contributed by atoms with Crippen LogP contribution in [0.3, 0.4) is 0 Å². The number of hydrogen-bond acceptors (Lipinski definition) is 6. The normalized spacial score (nSPS) is 12.8. The van der Waals surface area contributed by atoms with Crippen molar-refractivity contribution in [3.8, 4) is 0 Å². The molecule has 2 amide bonds. The molecule has 2 heterocycles. The van der Waals surface area contributed by atoms with Gasteiger partial charge in [0.15, 0.2) is 0 Å². The molecule has 0 unspecified atom stereocenters. The van der Waals surface area contributed by atoms with E-state index in [4.69, 9.17) is 9.15 Å². The van der Waals surface area contributed by atoms with Crippen molar-refractivity contribution in [1.82, 2.24) is 0 Å². The number of carbonyl (C=O) groups excluding carboxylic acids is 3. The molecule has 0 atom stereocenters. The highest BCUT2D eigenvalue weighted by molar-refractivity contribution is 6.34. The maximum atomic E-state index is 13.2. The van der Waals surface area contributed by atoms with E-state index in [2.05, 4.69) is 0 Å². The van der Waals surface area contributed by atoms with E-state index in [1.54, 1.807) is 12.1 Å². The predicted octanol–water partition coefficient (Wildman–Crippen LogP) is 4.40. The van der Waals surface area contributed by atoms with Crippen molar-refractivity contribution in [1.29, 1.82) is 0 Å². The molecule has 1 aliphatic heterocycles. The van der Waals surface area contributed by atoms with Crippen LogP contribution in [0.5, 0.6) is 0 Å². The SMILES string of the molecule is Cc1ccc2c(COC(=O)c3ccc4c(c3)C(=O)N(c3ccc(F)cc3)C4=O)cc(=O)oc2c1. The average Bonchev–Trinajstić information content (AvgIpc) is 3.07. The van der Waals surface area contributed by atoms with Crippen LogP contribution in [-0.4, -0.2) is 17.8 Å². The first-order valence-electron chi connectivity index (χ1n) is 10.3. The number of imide groups is 1. The Balaban J connectivity index is 1.39. The molecule has 4 aromatic rings. The van der Waals surface area contributed by atoms with Gasteiger partial charge < -0.3 is 9.15 Å². The Morgan fingerprint density at radius 2 is 1.65 bits per heavy atom. The molecule has 1 aromatic heterocycles.